The zero-order chi connectivity index (χ0) is 25.3. The zero-order valence-electron chi connectivity index (χ0n) is 19.5. The number of rotatable bonds is 3. The molecule has 2 saturated heterocycles. The quantitative estimate of drug-likeness (QED) is 0.380. The number of Topliss-reactive ketones (excluding diaryl/α,β-unsaturated/α-hetero) is 1. The number of hydrogen-bond donors (Lipinski definition) is 0. The van der Waals surface area contributed by atoms with Crippen LogP contribution in [0.1, 0.15) is 27.5 Å². The van der Waals surface area contributed by atoms with E-state index in [1.165, 1.54) is 4.90 Å². The van der Waals surface area contributed by atoms with Crippen LogP contribution in [0.15, 0.2) is 72.9 Å². The molecule has 0 N–H and O–H groups in total. The SMILES string of the molecule is O=C(c1ccc(Cl)cc1)[C@@H]1[C@@H]2C(=O)N(c3ccc4c(c3)OCCO4)C(=O)[C@@H]2[C@@H]2c3ccccc3C=CN12. The number of anilines is 1. The minimum Gasteiger partial charge on any atom is -0.486 e. The molecule has 0 aliphatic carbocycles. The third-order valence-electron chi connectivity index (χ3n) is 7.64. The number of carbonyl (C=O) groups is 3. The van der Waals surface area contributed by atoms with Crippen LogP contribution in [0.3, 0.4) is 0 Å². The molecule has 0 aromatic heterocycles. The lowest BCUT2D eigenvalue weighted by Gasteiger charge is -2.35. The summed E-state index contributed by atoms with van der Waals surface area (Å²) in [5.41, 5.74) is 2.76. The minimum absolute atomic E-state index is 0.219. The summed E-state index contributed by atoms with van der Waals surface area (Å²) < 4.78 is 11.3. The molecule has 7 nitrogen and oxygen atoms in total. The number of benzene rings is 3. The van der Waals surface area contributed by atoms with Gasteiger partial charge in [0.25, 0.3) is 0 Å². The van der Waals surface area contributed by atoms with Gasteiger partial charge in [0.15, 0.2) is 17.3 Å². The molecule has 3 aromatic rings. The third kappa shape index (κ3) is 3.23. The summed E-state index contributed by atoms with van der Waals surface area (Å²) >= 11 is 6.05. The second-order valence-electron chi connectivity index (χ2n) is 9.54. The van der Waals surface area contributed by atoms with Crippen molar-refractivity contribution in [3.05, 3.63) is 94.6 Å². The normalized spacial score (nSPS) is 25.1. The number of fused-ring (bicyclic) bond motifs is 6. The van der Waals surface area contributed by atoms with E-state index in [9.17, 15) is 14.4 Å². The van der Waals surface area contributed by atoms with Gasteiger partial charge < -0.3 is 14.4 Å². The maximum absolute atomic E-state index is 14.0. The first-order chi connectivity index (χ1) is 18.0. The molecule has 0 radical (unpaired) electrons. The summed E-state index contributed by atoms with van der Waals surface area (Å²) in [5.74, 6) is -1.43. The van der Waals surface area contributed by atoms with Crippen molar-refractivity contribution in [2.45, 2.75) is 12.1 Å². The topological polar surface area (TPSA) is 76.1 Å². The first-order valence-corrected chi connectivity index (χ1v) is 12.5. The Labute approximate surface area is 217 Å². The van der Waals surface area contributed by atoms with Gasteiger partial charge >= 0.3 is 0 Å². The number of halogens is 1. The number of amides is 2. The molecule has 8 heteroatoms. The first kappa shape index (κ1) is 22.1. The molecule has 7 rings (SSSR count). The van der Waals surface area contributed by atoms with E-state index in [1.54, 1.807) is 42.5 Å². The van der Waals surface area contributed by atoms with Gasteiger partial charge in [0.05, 0.1) is 23.6 Å². The molecule has 0 unspecified atom stereocenters. The highest BCUT2D eigenvalue weighted by atomic mass is 35.5. The largest absolute Gasteiger partial charge is 0.486 e. The average molecular weight is 513 g/mol. The summed E-state index contributed by atoms with van der Waals surface area (Å²) in [6.07, 6.45) is 3.78. The van der Waals surface area contributed by atoms with Gasteiger partial charge in [-0.25, -0.2) is 4.90 Å². The van der Waals surface area contributed by atoms with E-state index in [-0.39, 0.29) is 17.6 Å². The number of hydrogen-bond acceptors (Lipinski definition) is 6. The number of ketones is 1. The van der Waals surface area contributed by atoms with Crippen LogP contribution in [0.2, 0.25) is 5.02 Å². The van der Waals surface area contributed by atoms with Gasteiger partial charge in [-0.05, 0) is 53.6 Å². The molecule has 0 saturated carbocycles. The summed E-state index contributed by atoms with van der Waals surface area (Å²) in [4.78, 5) is 45.1. The maximum Gasteiger partial charge on any atom is 0.240 e. The first-order valence-electron chi connectivity index (χ1n) is 12.1. The predicted molar refractivity (Wildman–Crippen MR) is 137 cm³/mol. The number of carbonyl (C=O) groups excluding carboxylic acids is 3. The predicted octanol–water partition coefficient (Wildman–Crippen LogP) is 4.51. The molecule has 4 atom stereocenters. The van der Waals surface area contributed by atoms with Crippen LogP contribution in [-0.4, -0.2) is 41.8 Å². The lowest BCUT2D eigenvalue weighted by atomic mass is 9.83. The standard InChI is InChI=1S/C29H21ClN2O5/c30-18-7-5-17(6-8-18)27(33)26-24-23(25-20-4-2-1-3-16(20)11-12-31(25)26)28(34)32(29(24)35)19-9-10-21-22(15-19)37-14-13-36-21/h1-12,15,23-26H,13-14H2/t23-,24+,25-,26-/m0/s1. The molecule has 0 spiro atoms. The van der Waals surface area contributed by atoms with Gasteiger partial charge in [-0.2, -0.15) is 0 Å². The van der Waals surface area contributed by atoms with Gasteiger partial charge in [0.2, 0.25) is 11.8 Å². The molecule has 2 fully saturated rings. The molecular weight excluding hydrogens is 492 g/mol. The molecule has 184 valence electrons. The van der Waals surface area contributed by atoms with Crippen LogP contribution in [0.5, 0.6) is 11.5 Å². The highest BCUT2D eigenvalue weighted by Gasteiger charge is 2.64. The minimum atomic E-state index is -0.843. The van der Waals surface area contributed by atoms with Crippen molar-refractivity contribution in [1.29, 1.82) is 0 Å². The Morgan fingerprint density at radius 3 is 2.41 bits per heavy atom. The highest BCUT2D eigenvalue weighted by molar-refractivity contribution is 6.30. The molecular formula is C29H21ClN2O5. The smallest absolute Gasteiger partial charge is 0.240 e. The Morgan fingerprint density at radius 2 is 1.59 bits per heavy atom. The van der Waals surface area contributed by atoms with Crippen LogP contribution in [0.4, 0.5) is 5.69 Å². The fourth-order valence-corrected chi connectivity index (χ4v) is 6.19. The van der Waals surface area contributed by atoms with Crippen LogP contribution in [0.25, 0.3) is 6.08 Å². The number of ether oxygens (including phenoxy) is 2. The highest BCUT2D eigenvalue weighted by Crippen LogP contribution is 2.54. The summed E-state index contributed by atoms with van der Waals surface area (Å²) in [7, 11) is 0. The third-order valence-corrected chi connectivity index (χ3v) is 7.89. The van der Waals surface area contributed by atoms with Gasteiger partial charge in [0.1, 0.15) is 19.3 Å². The van der Waals surface area contributed by atoms with Gasteiger partial charge in [0, 0.05) is 22.9 Å². The Morgan fingerprint density at radius 1 is 0.865 bits per heavy atom. The Hall–Kier alpha value is -4.10. The lowest BCUT2D eigenvalue weighted by Crippen LogP contribution is -2.44. The van der Waals surface area contributed by atoms with E-state index in [0.717, 1.165) is 11.1 Å². The van der Waals surface area contributed by atoms with E-state index in [4.69, 9.17) is 21.1 Å². The lowest BCUT2D eigenvalue weighted by molar-refractivity contribution is -0.123. The fourth-order valence-electron chi connectivity index (χ4n) is 6.07. The van der Waals surface area contributed by atoms with Crippen molar-refractivity contribution in [3.63, 3.8) is 0 Å². The van der Waals surface area contributed by atoms with E-state index in [2.05, 4.69) is 0 Å². The second kappa shape index (κ2) is 8.21. The van der Waals surface area contributed by atoms with Crippen molar-refractivity contribution >= 4 is 41.0 Å². The van der Waals surface area contributed by atoms with E-state index in [0.29, 0.717) is 41.0 Å². The van der Waals surface area contributed by atoms with Gasteiger partial charge in [-0.1, -0.05) is 35.9 Å². The summed E-state index contributed by atoms with van der Waals surface area (Å²) in [6.45, 7) is 0.832. The fraction of sp³-hybridized carbons (Fsp3) is 0.207. The zero-order valence-corrected chi connectivity index (χ0v) is 20.3. The molecule has 0 bridgehead atoms. The summed E-state index contributed by atoms with van der Waals surface area (Å²) in [5, 5.41) is 0.516. The average Bonchev–Trinajstić information content (AvgIpc) is 3.40. The van der Waals surface area contributed by atoms with Gasteiger partial charge in [-0.3, -0.25) is 14.4 Å². The Balaban J connectivity index is 1.35. The van der Waals surface area contributed by atoms with Crippen molar-refractivity contribution in [2.24, 2.45) is 11.8 Å². The van der Waals surface area contributed by atoms with E-state index in [1.807, 2.05) is 41.4 Å². The maximum atomic E-state index is 14.0. The molecule has 4 aliphatic heterocycles. The van der Waals surface area contributed by atoms with Gasteiger partial charge in [-0.15, -0.1) is 0 Å². The van der Waals surface area contributed by atoms with E-state index < -0.39 is 23.9 Å². The van der Waals surface area contributed by atoms with Crippen LogP contribution >= 0.6 is 11.6 Å². The molecule has 37 heavy (non-hydrogen) atoms. The number of imide groups is 1. The Bertz CT molecular complexity index is 1500. The van der Waals surface area contributed by atoms with Crippen LogP contribution in [0, 0.1) is 11.8 Å². The second-order valence-corrected chi connectivity index (χ2v) is 9.98. The molecule has 4 heterocycles. The van der Waals surface area contributed by atoms with Crippen molar-refractivity contribution in [3.8, 4) is 11.5 Å². The van der Waals surface area contributed by atoms with Crippen molar-refractivity contribution in [1.82, 2.24) is 4.90 Å². The molecule has 3 aromatic carbocycles. The summed E-state index contributed by atoms with van der Waals surface area (Å²) in [6, 6.07) is 18.2. The molecule has 2 amide bonds. The van der Waals surface area contributed by atoms with Crippen LogP contribution < -0.4 is 14.4 Å². The monoisotopic (exact) mass is 512 g/mol. The Kier molecular flexibility index (Phi) is 4.91. The van der Waals surface area contributed by atoms with Crippen molar-refractivity contribution in [2.75, 3.05) is 18.1 Å². The number of nitrogens with zero attached hydrogens (tertiary/aromatic N) is 2. The molecule has 4 aliphatic rings. The van der Waals surface area contributed by atoms with Crippen molar-refractivity contribution < 1.29 is 23.9 Å². The van der Waals surface area contributed by atoms with E-state index >= 15 is 0 Å². The van der Waals surface area contributed by atoms with Crippen LogP contribution in [-0.2, 0) is 9.59 Å².